The Hall–Kier alpha value is -1.54. The van der Waals surface area contributed by atoms with Crippen LogP contribution in [0.1, 0.15) is 36.3 Å². The minimum Gasteiger partial charge on any atom is -0.376 e. The molecule has 1 aliphatic carbocycles. The number of carbonyl (C=O) groups excluding carboxylic acids is 1. The smallest absolute Gasteiger partial charge is 0.333 e. The molecule has 1 saturated carbocycles. The lowest BCUT2D eigenvalue weighted by Gasteiger charge is -2.51. The van der Waals surface area contributed by atoms with Crippen LogP contribution in [0.5, 0.6) is 0 Å². The van der Waals surface area contributed by atoms with E-state index in [2.05, 4.69) is 15.3 Å². The quantitative estimate of drug-likeness (QED) is 0.905. The number of rotatable bonds is 4. The van der Waals surface area contributed by atoms with Gasteiger partial charge in [0.2, 0.25) is 0 Å². The fourth-order valence-corrected chi connectivity index (χ4v) is 4.14. The van der Waals surface area contributed by atoms with Crippen LogP contribution in [0.15, 0.2) is 12.3 Å². The Morgan fingerprint density at radius 1 is 1.39 bits per heavy atom. The molecule has 0 unspecified atom stereocenters. The summed E-state index contributed by atoms with van der Waals surface area (Å²) in [6, 6.07) is 1.55. The van der Waals surface area contributed by atoms with E-state index in [1.165, 1.54) is 18.9 Å². The molecule has 8 heteroatoms. The Balaban J connectivity index is 1.46. The van der Waals surface area contributed by atoms with E-state index in [-0.39, 0.29) is 29.8 Å². The Bertz CT molecular complexity index is 583. The molecule has 1 N–H and O–H groups in total. The summed E-state index contributed by atoms with van der Waals surface area (Å²) >= 11 is 0. The van der Waals surface area contributed by atoms with E-state index in [1.54, 1.807) is 0 Å². The lowest BCUT2D eigenvalue weighted by Crippen LogP contribution is -2.70. The molecule has 0 bridgehead atoms. The Kier molecular flexibility index (Phi) is 3.81. The average Bonchev–Trinajstić information content (AvgIpc) is 3.26. The molecular weight excluding hydrogens is 306 g/mol. The zero-order valence-corrected chi connectivity index (χ0v) is 12.7. The first-order chi connectivity index (χ1) is 11.1. The fourth-order valence-electron chi connectivity index (χ4n) is 4.14. The Labute approximate surface area is 132 Å². The van der Waals surface area contributed by atoms with Gasteiger partial charge in [0.15, 0.2) is 0 Å². The number of amides is 1. The van der Waals surface area contributed by atoms with Crippen molar-refractivity contribution in [3.63, 3.8) is 0 Å². The van der Waals surface area contributed by atoms with Gasteiger partial charge in [0.05, 0.1) is 18.2 Å². The van der Waals surface area contributed by atoms with Gasteiger partial charge < -0.3 is 10.1 Å². The van der Waals surface area contributed by atoms with Crippen LogP contribution in [0.4, 0.5) is 8.78 Å². The molecule has 6 nitrogen and oxygen atoms in total. The highest BCUT2D eigenvalue weighted by Crippen LogP contribution is 2.42. The van der Waals surface area contributed by atoms with Gasteiger partial charge in [-0.25, -0.2) is 4.68 Å². The molecular formula is C15H20F2N4O2. The zero-order valence-electron chi connectivity index (χ0n) is 12.7. The number of likely N-dealkylation sites (tertiary alicyclic amines) is 1. The van der Waals surface area contributed by atoms with Crippen molar-refractivity contribution in [2.45, 2.75) is 44.0 Å². The molecule has 126 valence electrons. The molecule has 0 aromatic carbocycles. The SMILES string of the molecule is O=C(N[C@@H]1[C@@H]2CCO[C@@H]2[C@H]1N1CCCC1)c1ccn(C(F)F)n1. The standard InChI is InChI=1S/C15H20F2N4O2/c16-15(17)21-7-3-10(19-21)14(22)18-11-9-4-8-23-13(9)12(11)20-5-1-2-6-20/h3,7,9,11-13,15H,1-2,4-6,8H2,(H,18,22)/t9-,11+,12-,13-/m0/s1. The van der Waals surface area contributed by atoms with Gasteiger partial charge in [-0.3, -0.25) is 9.69 Å². The molecule has 1 aromatic rings. The van der Waals surface area contributed by atoms with Gasteiger partial charge in [-0.15, -0.1) is 0 Å². The summed E-state index contributed by atoms with van der Waals surface area (Å²) in [5.74, 6) is -0.0642. The number of fused-ring (bicyclic) bond motifs is 1. The summed E-state index contributed by atoms with van der Waals surface area (Å²) in [6.45, 7) is 0.0597. The monoisotopic (exact) mass is 326 g/mol. The number of carbonyl (C=O) groups is 1. The van der Waals surface area contributed by atoms with E-state index in [4.69, 9.17) is 4.74 Å². The van der Waals surface area contributed by atoms with Crippen molar-refractivity contribution in [2.75, 3.05) is 19.7 Å². The summed E-state index contributed by atoms with van der Waals surface area (Å²) in [7, 11) is 0. The van der Waals surface area contributed by atoms with Crippen molar-refractivity contribution in [1.29, 1.82) is 0 Å². The molecule has 3 aliphatic rings. The van der Waals surface area contributed by atoms with Crippen molar-refractivity contribution < 1.29 is 18.3 Å². The van der Waals surface area contributed by atoms with Crippen LogP contribution < -0.4 is 5.32 Å². The summed E-state index contributed by atoms with van der Waals surface area (Å²) in [5, 5.41) is 6.64. The molecule has 0 spiro atoms. The molecule has 3 heterocycles. The summed E-state index contributed by atoms with van der Waals surface area (Å²) in [5.41, 5.74) is 0.0350. The van der Waals surface area contributed by atoms with E-state index >= 15 is 0 Å². The van der Waals surface area contributed by atoms with Gasteiger partial charge in [-0.05, 0) is 38.4 Å². The van der Waals surface area contributed by atoms with Gasteiger partial charge in [0, 0.05) is 18.7 Å². The van der Waals surface area contributed by atoms with Crippen LogP contribution in [0.25, 0.3) is 0 Å². The summed E-state index contributed by atoms with van der Waals surface area (Å²) in [6.07, 6.45) is 4.60. The lowest BCUT2D eigenvalue weighted by atomic mass is 9.70. The second kappa shape index (κ2) is 5.83. The average molecular weight is 326 g/mol. The Morgan fingerprint density at radius 3 is 2.87 bits per heavy atom. The minimum atomic E-state index is -2.73. The molecule has 3 fully saturated rings. The van der Waals surface area contributed by atoms with Crippen LogP contribution in [0.3, 0.4) is 0 Å². The number of hydrogen-bond acceptors (Lipinski definition) is 4. The van der Waals surface area contributed by atoms with E-state index < -0.39 is 6.55 Å². The normalized spacial score (nSPS) is 33.7. The number of hydrogen-bond donors (Lipinski definition) is 1. The minimum absolute atomic E-state index is 0.0183. The molecule has 2 saturated heterocycles. The van der Waals surface area contributed by atoms with Crippen molar-refractivity contribution in [1.82, 2.24) is 20.0 Å². The summed E-state index contributed by atoms with van der Waals surface area (Å²) in [4.78, 5) is 14.7. The predicted molar refractivity (Wildman–Crippen MR) is 77.2 cm³/mol. The van der Waals surface area contributed by atoms with Gasteiger partial charge >= 0.3 is 6.55 Å². The van der Waals surface area contributed by atoms with Crippen molar-refractivity contribution in [2.24, 2.45) is 5.92 Å². The molecule has 4 rings (SSSR count). The second-order valence-electron chi connectivity index (χ2n) is 6.48. The topological polar surface area (TPSA) is 59.4 Å². The van der Waals surface area contributed by atoms with Crippen LogP contribution in [-0.2, 0) is 4.74 Å². The first-order valence-electron chi connectivity index (χ1n) is 8.15. The lowest BCUT2D eigenvalue weighted by molar-refractivity contribution is -0.0748. The highest BCUT2D eigenvalue weighted by atomic mass is 19.3. The number of nitrogens with zero attached hydrogens (tertiary/aromatic N) is 3. The molecule has 1 amide bonds. The van der Waals surface area contributed by atoms with Crippen LogP contribution in [0.2, 0.25) is 0 Å². The number of halogens is 2. The van der Waals surface area contributed by atoms with Crippen molar-refractivity contribution in [3.05, 3.63) is 18.0 Å². The number of alkyl halides is 2. The van der Waals surface area contributed by atoms with Gasteiger partial charge in [-0.1, -0.05) is 0 Å². The van der Waals surface area contributed by atoms with Gasteiger partial charge in [-0.2, -0.15) is 13.9 Å². The van der Waals surface area contributed by atoms with E-state index in [0.29, 0.717) is 10.6 Å². The third kappa shape index (κ3) is 2.53. The maximum Gasteiger partial charge on any atom is 0.333 e. The van der Waals surface area contributed by atoms with Gasteiger partial charge in [0.25, 0.3) is 5.91 Å². The maximum atomic E-state index is 12.6. The van der Waals surface area contributed by atoms with E-state index in [1.807, 2.05) is 0 Å². The second-order valence-corrected chi connectivity index (χ2v) is 6.48. The van der Waals surface area contributed by atoms with Crippen molar-refractivity contribution in [3.8, 4) is 0 Å². The van der Waals surface area contributed by atoms with Crippen LogP contribution in [0, 0.1) is 5.92 Å². The molecule has 2 aliphatic heterocycles. The molecule has 23 heavy (non-hydrogen) atoms. The highest BCUT2D eigenvalue weighted by Gasteiger charge is 2.56. The largest absolute Gasteiger partial charge is 0.376 e. The zero-order chi connectivity index (χ0) is 16.0. The highest BCUT2D eigenvalue weighted by molar-refractivity contribution is 5.92. The number of nitrogens with one attached hydrogen (secondary N) is 1. The predicted octanol–water partition coefficient (Wildman–Crippen LogP) is 1.26. The van der Waals surface area contributed by atoms with E-state index in [0.717, 1.165) is 32.3 Å². The fraction of sp³-hybridized carbons (Fsp3) is 0.733. The van der Waals surface area contributed by atoms with Crippen molar-refractivity contribution >= 4 is 5.91 Å². The first kappa shape index (κ1) is 15.0. The van der Waals surface area contributed by atoms with E-state index in [9.17, 15) is 13.6 Å². The number of aromatic nitrogens is 2. The van der Waals surface area contributed by atoms with Crippen LogP contribution in [-0.4, -0.2) is 58.5 Å². The molecule has 4 atom stereocenters. The Morgan fingerprint density at radius 2 is 2.17 bits per heavy atom. The summed E-state index contributed by atoms with van der Waals surface area (Å²) < 4.78 is 31.5. The third-order valence-electron chi connectivity index (χ3n) is 5.25. The molecule has 0 radical (unpaired) electrons. The number of ether oxygens (including phenoxy) is 1. The molecule has 1 aromatic heterocycles. The van der Waals surface area contributed by atoms with Crippen LogP contribution >= 0.6 is 0 Å². The third-order valence-corrected chi connectivity index (χ3v) is 5.25. The van der Waals surface area contributed by atoms with Gasteiger partial charge in [0.1, 0.15) is 5.69 Å². The first-order valence-corrected chi connectivity index (χ1v) is 8.15. The maximum absolute atomic E-state index is 12.6.